The maximum absolute atomic E-state index is 14.5. The number of nitrogen functional groups attached to an aromatic ring is 1. The number of carbonyl (C=O) groups excluding carboxylic acids is 2. The van der Waals surface area contributed by atoms with Crippen molar-refractivity contribution in [1.29, 1.82) is 0 Å². The highest BCUT2D eigenvalue weighted by Gasteiger charge is 2.60. The molecule has 0 aromatic carbocycles. The van der Waals surface area contributed by atoms with E-state index in [4.69, 9.17) is 15.2 Å². The number of ether oxygens (including phenoxy) is 2. The Kier molecular flexibility index (Phi) is 17.1. The van der Waals surface area contributed by atoms with E-state index < -0.39 is 42.7 Å². The van der Waals surface area contributed by atoms with Crippen LogP contribution in [0.25, 0.3) is 0 Å². The van der Waals surface area contributed by atoms with Gasteiger partial charge in [0.1, 0.15) is 18.5 Å². The van der Waals surface area contributed by atoms with Crippen LogP contribution in [0.2, 0.25) is 0 Å². The van der Waals surface area contributed by atoms with Gasteiger partial charge >= 0.3 is 17.7 Å². The number of aliphatic hydroxyl groups is 1. The number of nitrogens with one attached hydrogen (secondary N) is 2. The first kappa shape index (κ1) is 37.1. The van der Waals surface area contributed by atoms with Crippen molar-refractivity contribution < 1.29 is 33.0 Å². The van der Waals surface area contributed by atoms with Crippen molar-refractivity contribution in [3.05, 3.63) is 83.5 Å². The van der Waals surface area contributed by atoms with E-state index >= 15 is 0 Å². The summed E-state index contributed by atoms with van der Waals surface area (Å²) in [5.74, 6) is -4.18. The molecule has 1 aromatic rings. The highest BCUT2D eigenvalue weighted by Crippen LogP contribution is 2.42. The molecule has 1 aliphatic rings. The molecule has 1 aliphatic heterocycles. The van der Waals surface area contributed by atoms with Crippen LogP contribution in [0, 0.1) is 0 Å². The van der Waals surface area contributed by atoms with Crippen LogP contribution < -0.4 is 22.1 Å². The highest BCUT2D eigenvalue weighted by atomic mass is 19.3. The van der Waals surface area contributed by atoms with Gasteiger partial charge in [-0.15, -0.1) is 0 Å². The number of nitrogens with zero attached hydrogens (tertiary/aromatic N) is 2. The van der Waals surface area contributed by atoms with E-state index in [-0.39, 0.29) is 24.8 Å². The molecule has 45 heavy (non-hydrogen) atoms. The van der Waals surface area contributed by atoms with Crippen molar-refractivity contribution in [2.45, 2.75) is 82.6 Å². The third kappa shape index (κ3) is 14.0. The Balaban J connectivity index is 1.51. The lowest BCUT2D eigenvalue weighted by atomic mass is 10.1. The molecule has 13 heteroatoms. The Morgan fingerprint density at radius 1 is 1.02 bits per heavy atom. The summed E-state index contributed by atoms with van der Waals surface area (Å²) < 4.78 is 39.6. The maximum Gasteiger partial charge on any atom is 0.407 e. The van der Waals surface area contributed by atoms with Gasteiger partial charge in [0.15, 0.2) is 6.10 Å². The molecule has 2 amide bonds. The standard InChI is InChI=1S/C32H45F2N5O6/c1-2-3-4-5-6-7-8-9-10-11-12-13-14-15-16-17-18-19-27(40)36-21-22-37-31(43)44-24-25-28(41)32(33,34)29(45-25)39-23-20-26(35)38-30(39)42/h3-4,6-7,9-10,12-13,15-16,20,23,25,28-29,41H,2,5,8,11,14,17-19,21-22,24H2,1H3,(H,36,40)(H,37,43)(H2,35,38,42)/b4-3-,7-6-,10-9-,13-12-,16-15-/t25-,28-,29-/m1/s1. The topological polar surface area (TPSA) is 158 Å². The number of alkyl carbamates (subject to hydrolysis) is 1. The molecule has 2 rings (SSSR count). The third-order valence-corrected chi connectivity index (χ3v) is 6.51. The van der Waals surface area contributed by atoms with Gasteiger partial charge < -0.3 is 30.9 Å². The number of hydrogen-bond donors (Lipinski definition) is 4. The van der Waals surface area contributed by atoms with Crippen LogP contribution in [0.3, 0.4) is 0 Å². The summed E-state index contributed by atoms with van der Waals surface area (Å²) in [5.41, 5.74) is 4.29. The van der Waals surface area contributed by atoms with Gasteiger partial charge in [-0.05, 0) is 51.0 Å². The van der Waals surface area contributed by atoms with Gasteiger partial charge in [0.25, 0.3) is 0 Å². The minimum absolute atomic E-state index is 0.0404. The summed E-state index contributed by atoms with van der Waals surface area (Å²) in [7, 11) is 0. The van der Waals surface area contributed by atoms with Gasteiger partial charge in [-0.25, -0.2) is 9.59 Å². The number of unbranched alkanes of at least 4 members (excludes halogenated alkanes) is 1. The molecule has 11 nitrogen and oxygen atoms in total. The predicted octanol–water partition coefficient (Wildman–Crippen LogP) is 4.48. The lowest BCUT2D eigenvalue weighted by molar-refractivity contribution is -0.140. The summed E-state index contributed by atoms with van der Waals surface area (Å²) >= 11 is 0. The molecule has 0 saturated carbocycles. The first-order chi connectivity index (χ1) is 21.7. The van der Waals surface area contributed by atoms with Gasteiger partial charge in [-0.3, -0.25) is 9.36 Å². The van der Waals surface area contributed by atoms with E-state index in [2.05, 4.69) is 77.2 Å². The summed E-state index contributed by atoms with van der Waals surface area (Å²) in [4.78, 5) is 39.2. The van der Waals surface area contributed by atoms with Crippen molar-refractivity contribution >= 4 is 17.8 Å². The van der Waals surface area contributed by atoms with E-state index in [0.717, 1.165) is 50.8 Å². The van der Waals surface area contributed by atoms with Crippen LogP contribution in [0.1, 0.15) is 64.5 Å². The summed E-state index contributed by atoms with van der Waals surface area (Å²) in [5, 5.41) is 15.0. The molecular formula is C32H45F2N5O6. The van der Waals surface area contributed by atoms with E-state index in [1.165, 1.54) is 0 Å². The first-order valence-electron chi connectivity index (χ1n) is 15.1. The van der Waals surface area contributed by atoms with Crippen LogP contribution in [-0.2, 0) is 14.3 Å². The second kappa shape index (κ2) is 20.8. The fraction of sp³-hybridized carbons (Fsp3) is 0.500. The number of halogens is 2. The van der Waals surface area contributed by atoms with Crippen molar-refractivity contribution in [3.63, 3.8) is 0 Å². The molecular weight excluding hydrogens is 588 g/mol. The van der Waals surface area contributed by atoms with E-state index in [1.807, 2.05) is 6.08 Å². The fourth-order valence-electron chi connectivity index (χ4n) is 4.12. The lowest BCUT2D eigenvalue weighted by Crippen LogP contribution is -2.42. The number of aliphatic hydroxyl groups excluding tert-OH is 1. The highest BCUT2D eigenvalue weighted by molar-refractivity contribution is 5.75. The second-order valence-corrected chi connectivity index (χ2v) is 10.2. The van der Waals surface area contributed by atoms with Gasteiger partial charge in [-0.1, -0.05) is 67.7 Å². The summed E-state index contributed by atoms with van der Waals surface area (Å²) in [6.07, 6.45) is 21.7. The molecule has 248 valence electrons. The average molecular weight is 634 g/mol. The van der Waals surface area contributed by atoms with Crippen molar-refractivity contribution in [3.8, 4) is 0 Å². The van der Waals surface area contributed by atoms with E-state index in [1.54, 1.807) is 0 Å². The number of amides is 2. The van der Waals surface area contributed by atoms with Crippen molar-refractivity contribution in [2.24, 2.45) is 0 Å². The molecule has 0 aliphatic carbocycles. The Morgan fingerprint density at radius 3 is 2.20 bits per heavy atom. The molecule has 1 saturated heterocycles. The SMILES string of the molecule is CC/C=C\C/C=C\C/C=C\C/C=C\C/C=C\CCCC(=O)NCCNC(=O)OC[C@H]1O[C@@H](n2ccc(N)nc2=O)C(F)(F)[C@@H]1O. The quantitative estimate of drug-likeness (QED) is 0.128. The number of rotatable bonds is 19. The van der Waals surface area contributed by atoms with Crippen LogP contribution >= 0.6 is 0 Å². The number of anilines is 1. The Hall–Kier alpha value is -4.10. The van der Waals surface area contributed by atoms with Crippen LogP contribution in [-0.4, -0.2) is 64.5 Å². The zero-order valence-electron chi connectivity index (χ0n) is 25.7. The molecule has 1 aromatic heterocycles. The summed E-state index contributed by atoms with van der Waals surface area (Å²) in [6, 6.07) is 1.13. The number of alkyl halides is 2. The fourth-order valence-corrected chi connectivity index (χ4v) is 4.12. The lowest BCUT2D eigenvalue weighted by Gasteiger charge is -2.20. The largest absolute Gasteiger partial charge is 0.447 e. The minimum Gasteiger partial charge on any atom is -0.447 e. The Labute approximate surface area is 262 Å². The van der Waals surface area contributed by atoms with E-state index in [9.17, 15) is 28.3 Å². The first-order valence-corrected chi connectivity index (χ1v) is 15.1. The molecule has 0 radical (unpaired) electrons. The van der Waals surface area contributed by atoms with Gasteiger partial charge in [-0.2, -0.15) is 13.8 Å². The van der Waals surface area contributed by atoms with Crippen molar-refractivity contribution in [2.75, 3.05) is 25.4 Å². The molecule has 1 fully saturated rings. The minimum atomic E-state index is -3.86. The Bertz CT molecular complexity index is 1260. The third-order valence-electron chi connectivity index (χ3n) is 6.51. The molecule has 5 N–H and O–H groups in total. The van der Waals surface area contributed by atoms with Crippen LogP contribution in [0.15, 0.2) is 77.8 Å². The smallest absolute Gasteiger partial charge is 0.407 e. The Morgan fingerprint density at radius 2 is 1.60 bits per heavy atom. The zero-order chi connectivity index (χ0) is 32.9. The molecule has 2 heterocycles. The number of aromatic nitrogens is 2. The van der Waals surface area contributed by atoms with Gasteiger partial charge in [0.05, 0.1) is 0 Å². The van der Waals surface area contributed by atoms with Crippen LogP contribution in [0.5, 0.6) is 0 Å². The number of allylic oxidation sites excluding steroid dienone is 10. The van der Waals surface area contributed by atoms with Crippen LogP contribution in [0.4, 0.5) is 19.4 Å². The molecule has 0 spiro atoms. The second-order valence-electron chi connectivity index (χ2n) is 10.2. The summed E-state index contributed by atoms with van der Waals surface area (Å²) in [6.45, 7) is 1.61. The normalized spacial score (nSPS) is 19.9. The van der Waals surface area contributed by atoms with Gasteiger partial charge in [0, 0.05) is 25.7 Å². The number of nitrogens with two attached hydrogens (primary N) is 1. The molecule has 0 unspecified atom stereocenters. The van der Waals surface area contributed by atoms with Crippen molar-refractivity contribution in [1.82, 2.24) is 20.2 Å². The predicted molar refractivity (Wildman–Crippen MR) is 168 cm³/mol. The average Bonchev–Trinajstić information content (AvgIpc) is 3.23. The monoisotopic (exact) mass is 633 g/mol. The number of hydrogen-bond acceptors (Lipinski definition) is 8. The molecule has 0 bridgehead atoms. The van der Waals surface area contributed by atoms with E-state index in [0.29, 0.717) is 17.4 Å². The zero-order valence-corrected chi connectivity index (χ0v) is 25.7. The van der Waals surface area contributed by atoms with Gasteiger partial charge in [0.2, 0.25) is 12.1 Å². The molecule has 3 atom stereocenters. The maximum atomic E-state index is 14.5. The number of carbonyl (C=O) groups is 2.